The highest BCUT2D eigenvalue weighted by molar-refractivity contribution is 5.85. The van der Waals surface area contributed by atoms with Crippen LogP contribution in [0.4, 0.5) is 0 Å². The van der Waals surface area contributed by atoms with E-state index in [0.717, 1.165) is 11.1 Å². The van der Waals surface area contributed by atoms with Crippen molar-refractivity contribution in [1.82, 2.24) is 20.2 Å². The number of carbonyl (C=O) groups is 2. The molecule has 0 spiro atoms. The molecule has 0 radical (unpaired) electrons. The van der Waals surface area contributed by atoms with Gasteiger partial charge in [0.05, 0.1) is 5.92 Å². The van der Waals surface area contributed by atoms with E-state index in [0.29, 0.717) is 13.0 Å². The first-order chi connectivity index (χ1) is 13.8. The van der Waals surface area contributed by atoms with Crippen molar-refractivity contribution in [3.8, 4) is 0 Å². The number of nitrogens with zero attached hydrogens (tertiary/aromatic N) is 3. The van der Waals surface area contributed by atoms with Crippen LogP contribution in [0.15, 0.2) is 49.1 Å². The molecule has 1 saturated heterocycles. The first-order valence-corrected chi connectivity index (χ1v) is 9.88. The lowest BCUT2D eigenvalue weighted by molar-refractivity contribution is -0.151. The van der Waals surface area contributed by atoms with Crippen molar-refractivity contribution in [3.63, 3.8) is 0 Å². The van der Waals surface area contributed by atoms with E-state index in [1.165, 1.54) is 0 Å². The molecule has 0 bridgehead atoms. The third-order valence-corrected chi connectivity index (χ3v) is 5.73. The summed E-state index contributed by atoms with van der Waals surface area (Å²) in [5.74, 6) is -1.34. The third-order valence-electron chi connectivity index (χ3n) is 5.73. The summed E-state index contributed by atoms with van der Waals surface area (Å²) in [6.07, 6.45) is 7.52. The van der Waals surface area contributed by atoms with Gasteiger partial charge in [0.2, 0.25) is 5.91 Å². The van der Waals surface area contributed by atoms with Gasteiger partial charge in [0.1, 0.15) is 5.54 Å². The predicted molar refractivity (Wildman–Crippen MR) is 109 cm³/mol. The summed E-state index contributed by atoms with van der Waals surface area (Å²) in [7, 11) is 1.81. The standard InChI is InChI=1S/C22H28N4O3/c1-15(2)10-22(21(28)29)11-18(19(26(22)3)17-7-5-9-24-14-17)20(27)25-13-16-6-4-8-23-12-16/h4-9,12,14-15,18-19H,10-11,13H2,1-3H3,(H,25,27)(H,28,29)/t18-,19-,22-/m1/s1. The number of rotatable bonds is 7. The third kappa shape index (κ3) is 4.29. The van der Waals surface area contributed by atoms with Crippen LogP contribution in [0.25, 0.3) is 0 Å². The average molecular weight is 396 g/mol. The summed E-state index contributed by atoms with van der Waals surface area (Å²) in [5, 5.41) is 13.1. The lowest BCUT2D eigenvalue weighted by Crippen LogP contribution is -2.50. The van der Waals surface area contributed by atoms with Crippen LogP contribution in [-0.4, -0.2) is 44.4 Å². The number of hydrogen-bond acceptors (Lipinski definition) is 5. The monoisotopic (exact) mass is 396 g/mol. The molecular weight excluding hydrogens is 368 g/mol. The molecule has 0 aromatic carbocycles. The summed E-state index contributed by atoms with van der Waals surface area (Å²) in [6, 6.07) is 7.08. The predicted octanol–water partition coefficient (Wildman–Crippen LogP) is 2.66. The molecule has 3 rings (SSSR count). The van der Waals surface area contributed by atoms with Crippen molar-refractivity contribution in [3.05, 3.63) is 60.2 Å². The van der Waals surface area contributed by atoms with E-state index in [2.05, 4.69) is 15.3 Å². The number of likely N-dealkylation sites (N-methyl/N-ethyl adjacent to an activating group) is 1. The number of carbonyl (C=O) groups excluding carboxylic acids is 1. The smallest absolute Gasteiger partial charge is 0.324 e. The number of carboxylic acid groups (broad SMARTS) is 1. The van der Waals surface area contributed by atoms with Crippen LogP contribution < -0.4 is 5.32 Å². The lowest BCUT2D eigenvalue weighted by atomic mass is 9.83. The Balaban J connectivity index is 1.91. The largest absolute Gasteiger partial charge is 0.480 e. The zero-order valence-electron chi connectivity index (χ0n) is 17.1. The molecular formula is C22H28N4O3. The van der Waals surface area contributed by atoms with Gasteiger partial charge in [-0.1, -0.05) is 26.0 Å². The van der Waals surface area contributed by atoms with Gasteiger partial charge in [0.25, 0.3) is 0 Å². The Kier molecular flexibility index (Phi) is 6.27. The highest BCUT2D eigenvalue weighted by Gasteiger charge is 2.57. The molecule has 0 saturated carbocycles. The zero-order chi connectivity index (χ0) is 21.0. The van der Waals surface area contributed by atoms with Crippen molar-refractivity contribution in [2.45, 2.75) is 44.8 Å². The van der Waals surface area contributed by atoms with Gasteiger partial charge in [0, 0.05) is 37.4 Å². The van der Waals surface area contributed by atoms with Crippen LogP contribution in [0, 0.1) is 11.8 Å². The van der Waals surface area contributed by atoms with Crippen molar-refractivity contribution in [1.29, 1.82) is 0 Å². The van der Waals surface area contributed by atoms with Crippen LogP contribution in [0.3, 0.4) is 0 Å². The van der Waals surface area contributed by atoms with E-state index in [4.69, 9.17) is 0 Å². The number of hydrogen-bond donors (Lipinski definition) is 2. The molecule has 3 heterocycles. The van der Waals surface area contributed by atoms with Crippen LogP contribution in [-0.2, 0) is 16.1 Å². The minimum Gasteiger partial charge on any atom is -0.480 e. The molecule has 7 nitrogen and oxygen atoms in total. The molecule has 1 fully saturated rings. The number of aliphatic carboxylic acids is 1. The van der Waals surface area contributed by atoms with Crippen LogP contribution in [0.1, 0.15) is 43.9 Å². The quantitative estimate of drug-likeness (QED) is 0.747. The Morgan fingerprint density at radius 1 is 1.24 bits per heavy atom. The summed E-state index contributed by atoms with van der Waals surface area (Å²) >= 11 is 0. The molecule has 154 valence electrons. The number of pyridine rings is 2. The highest BCUT2D eigenvalue weighted by atomic mass is 16.4. The van der Waals surface area contributed by atoms with Crippen molar-refractivity contribution >= 4 is 11.9 Å². The van der Waals surface area contributed by atoms with Crippen LogP contribution in [0.2, 0.25) is 0 Å². The second kappa shape index (κ2) is 8.69. The topological polar surface area (TPSA) is 95.4 Å². The molecule has 1 aliphatic rings. The number of amides is 1. The first-order valence-electron chi connectivity index (χ1n) is 9.88. The highest BCUT2D eigenvalue weighted by Crippen LogP contribution is 2.48. The summed E-state index contributed by atoms with van der Waals surface area (Å²) in [6.45, 7) is 4.37. The normalized spacial score (nSPS) is 24.6. The van der Waals surface area contributed by atoms with Crippen LogP contribution in [0.5, 0.6) is 0 Å². The maximum Gasteiger partial charge on any atom is 0.324 e. The molecule has 7 heteroatoms. The second-order valence-corrected chi connectivity index (χ2v) is 8.17. The Labute approximate surface area is 171 Å². The molecule has 2 aromatic rings. The molecule has 2 aromatic heterocycles. The number of carboxylic acids is 1. The van der Waals surface area contributed by atoms with E-state index >= 15 is 0 Å². The van der Waals surface area contributed by atoms with Crippen molar-refractivity contribution in [2.24, 2.45) is 11.8 Å². The molecule has 1 aliphatic heterocycles. The fraction of sp³-hybridized carbons (Fsp3) is 0.455. The molecule has 2 N–H and O–H groups in total. The van der Waals surface area contributed by atoms with E-state index in [9.17, 15) is 14.7 Å². The van der Waals surface area contributed by atoms with Gasteiger partial charge in [-0.15, -0.1) is 0 Å². The van der Waals surface area contributed by atoms with Gasteiger partial charge >= 0.3 is 5.97 Å². The van der Waals surface area contributed by atoms with Crippen LogP contribution >= 0.6 is 0 Å². The molecule has 0 unspecified atom stereocenters. The number of aromatic nitrogens is 2. The average Bonchev–Trinajstić information content (AvgIpc) is 3.00. The van der Waals surface area contributed by atoms with Gasteiger partial charge in [-0.2, -0.15) is 0 Å². The van der Waals surface area contributed by atoms with Crippen molar-refractivity contribution in [2.75, 3.05) is 7.05 Å². The second-order valence-electron chi connectivity index (χ2n) is 8.17. The summed E-state index contributed by atoms with van der Waals surface area (Å²) in [5.41, 5.74) is 0.658. The van der Waals surface area contributed by atoms with E-state index in [-0.39, 0.29) is 24.3 Å². The lowest BCUT2D eigenvalue weighted by Gasteiger charge is -2.36. The molecule has 29 heavy (non-hydrogen) atoms. The number of nitrogens with one attached hydrogen (secondary N) is 1. The van der Waals surface area contributed by atoms with Gasteiger partial charge in [-0.05, 0) is 49.1 Å². The van der Waals surface area contributed by atoms with Crippen molar-refractivity contribution < 1.29 is 14.7 Å². The van der Waals surface area contributed by atoms with E-state index in [1.54, 1.807) is 24.8 Å². The van der Waals surface area contributed by atoms with E-state index in [1.807, 2.05) is 50.1 Å². The zero-order valence-corrected chi connectivity index (χ0v) is 17.1. The fourth-order valence-electron chi connectivity index (χ4n) is 4.45. The Morgan fingerprint density at radius 2 is 1.93 bits per heavy atom. The number of likely N-dealkylation sites (tertiary alicyclic amines) is 1. The summed E-state index contributed by atoms with van der Waals surface area (Å²) < 4.78 is 0. The van der Waals surface area contributed by atoms with E-state index < -0.39 is 17.4 Å². The maximum atomic E-state index is 13.2. The molecule has 1 amide bonds. The van der Waals surface area contributed by atoms with Gasteiger partial charge in [-0.3, -0.25) is 24.5 Å². The maximum absolute atomic E-state index is 13.2. The SMILES string of the molecule is CC(C)C[C@]1(C(=O)O)C[C@@H](C(=O)NCc2cccnc2)[C@@H](c2cccnc2)N1C. The van der Waals surface area contributed by atoms with Gasteiger partial charge in [-0.25, -0.2) is 0 Å². The molecule has 3 atom stereocenters. The fourth-order valence-corrected chi connectivity index (χ4v) is 4.45. The Morgan fingerprint density at radius 3 is 2.48 bits per heavy atom. The first kappa shape index (κ1) is 20.9. The minimum atomic E-state index is -1.09. The van der Waals surface area contributed by atoms with Gasteiger partial charge in [0.15, 0.2) is 0 Å². The van der Waals surface area contributed by atoms with Gasteiger partial charge < -0.3 is 10.4 Å². The Bertz CT molecular complexity index is 844. The Hall–Kier alpha value is -2.80. The molecule has 0 aliphatic carbocycles. The summed E-state index contributed by atoms with van der Waals surface area (Å²) in [4.78, 5) is 35.7. The minimum absolute atomic E-state index is 0.151.